The lowest BCUT2D eigenvalue weighted by atomic mass is 9.99. The largest absolute Gasteiger partial charge is 0.489 e. The molecule has 0 spiro atoms. The van der Waals surface area contributed by atoms with Crippen molar-refractivity contribution in [3.05, 3.63) is 89.5 Å². The third-order valence-electron chi connectivity index (χ3n) is 3.91. The lowest BCUT2D eigenvalue weighted by Crippen LogP contribution is -2.01. The minimum atomic E-state index is -0.898. The number of carbonyl (C=O) groups is 1. The van der Waals surface area contributed by atoms with Gasteiger partial charge >= 0.3 is 5.97 Å². The Balaban J connectivity index is 1.79. The summed E-state index contributed by atoms with van der Waals surface area (Å²) in [5, 5.41) is 8.78. The van der Waals surface area contributed by atoms with Gasteiger partial charge in [0.2, 0.25) is 0 Å². The summed E-state index contributed by atoms with van der Waals surface area (Å²) in [6, 6.07) is 17.1. The highest BCUT2D eigenvalue weighted by atomic mass is 19.1. The predicted molar refractivity (Wildman–Crippen MR) is 93.9 cm³/mol. The highest BCUT2D eigenvalue weighted by Gasteiger charge is 2.11. The zero-order valence-electron chi connectivity index (χ0n) is 13.8. The van der Waals surface area contributed by atoms with Crippen molar-refractivity contribution in [2.45, 2.75) is 13.0 Å². The van der Waals surface area contributed by atoms with Crippen molar-refractivity contribution in [3.8, 4) is 16.9 Å². The monoisotopic (exact) mass is 354 g/mol. The molecule has 3 rings (SSSR count). The molecule has 0 unspecified atom stereocenters. The Kier molecular flexibility index (Phi) is 5.27. The fourth-order valence-corrected chi connectivity index (χ4v) is 2.65. The molecule has 0 aliphatic rings. The zero-order chi connectivity index (χ0) is 18.5. The van der Waals surface area contributed by atoms with Crippen LogP contribution in [0.3, 0.4) is 0 Å². The van der Waals surface area contributed by atoms with E-state index in [2.05, 4.69) is 0 Å². The first kappa shape index (κ1) is 17.6. The molecular weight excluding hydrogens is 338 g/mol. The predicted octanol–water partition coefficient (Wildman–Crippen LogP) is 4.84. The zero-order valence-corrected chi connectivity index (χ0v) is 13.8. The Labute approximate surface area is 149 Å². The number of halogens is 2. The topological polar surface area (TPSA) is 46.5 Å². The molecule has 26 heavy (non-hydrogen) atoms. The van der Waals surface area contributed by atoms with Crippen LogP contribution in [0.25, 0.3) is 11.1 Å². The Morgan fingerprint density at radius 3 is 2.38 bits per heavy atom. The molecule has 0 saturated carbocycles. The molecule has 0 radical (unpaired) electrons. The minimum absolute atomic E-state index is 0.0536. The van der Waals surface area contributed by atoms with Crippen LogP contribution in [0.15, 0.2) is 66.7 Å². The summed E-state index contributed by atoms with van der Waals surface area (Å²) in [7, 11) is 0. The van der Waals surface area contributed by atoms with E-state index in [0.717, 1.165) is 18.2 Å². The average molecular weight is 354 g/mol. The molecule has 0 fully saturated rings. The highest BCUT2D eigenvalue weighted by molar-refractivity contribution is 5.70. The van der Waals surface area contributed by atoms with Gasteiger partial charge in [0, 0.05) is 5.56 Å². The molecule has 3 aromatic rings. The van der Waals surface area contributed by atoms with Crippen LogP contribution in [0.2, 0.25) is 0 Å². The van der Waals surface area contributed by atoms with Gasteiger partial charge in [0.05, 0.1) is 6.42 Å². The molecule has 0 saturated heterocycles. The normalized spacial score (nSPS) is 10.5. The Bertz CT molecular complexity index is 921. The second-order valence-corrected chi connectivity index (χ2v) is 5.78. The molecule has 0 bridgehead atoms. The Morgan fingerprint density at radius 2 is 1.65 bits per heavy atom. The van der Waals surface area contributed by atoms with Gasteiger partial charge in [-0.15, -0.1) is 0 Å². The van der Waals surface area contributed by atoms with E-state index in [1.165, 1.54) is 0 Å². The number of carboxylic acids is 1. The summed E-state index contributed by atoms with van der Waals surface area (Å²) >= 11 is 0. The van der Waals surface area contributed by atoms with Crippen LogP contribution >= 0.6 is 0 Å². The van der Waals surface area contributed by atoms with Crippen LogP contribution < -0.4 is 4.74 Å². The van der Waals surface area contributed by atoms with Gasteiger partial charge in [0.15, 0.2) is 0 Å². The maximum atomic E-state index is 14.1. The van der Waals surface area contributed by atoms with E-state index in [-0.39, 0.29) is 18.6 Å². The fourth-order valence-electron chi connectivity index (χ4n) is 2.65. The van der Waals surface area contributed by atoms with Crippen molar-refractivity contribution in [2.75, 3.05) is 0 Å². The summed E-state index contributed by atoms with van der Waals surface area (Å²) in [6.07, 6.45) is -0.0536. The third kappa shape index (κ3) is 4.25. The van der Waals surface area contributed by atoms with Crippen LogP contribution in [0.5, 0.6) is 5.75 Å². The van der Waals surface area contributed by atoms with Crippen LogP contribution in [0.4, 0.5) is 8.78 Å². The van der Waals surface area contributed by atoms with E-state index in [9.17, 15) is 13.6 Å². The fraction of sp³-hybridized carbons (Fsp3) is 0.0952. The molecule has 5 heteroatoms. The summed E-state index contributed by atoms with van der Waals surface area (Å²) in [5.41, 5.74) is 2.13. The number of hydrogen-bond acceptors (Lipinski definition) is 2. The Morgan fingerprint density at radius 1 is 0.923 bits per heavy atom. The van der Waals surface area contributed by atoms with Crippen LogP contribution in [-0.2, 0) is 17.8 Å². The molecule has 0 aromatic heterocycles. The second kappa shape index (κ2) is 7.78. The number of ether oxygens (including phenoxy) is 1. The van der Waals surface area contributed by atoms with Crippen LogP contribution in [0, 0.1) is 11.6 Å². The Hall–Kier alpha value is -3.21. The van der Waals surface area contributed by atoms with Crippen molar-refractivity contribution in [3.63, 3.8) is 0 Å². The maximum absolute atomic E-state index is 14.1. The van der Waals surface area contributed by atoms with E-state index < -0.39 is 17.6 Å². The first-order valence-electron chi connectivity index (χ1n) is 8.00. The van der Waals surface area contributed by atoms with Gasteiger partial charge in [0.1, 0.15) is 24.0 Å². The van der Waals surface area contributed by atoms with Crippen molar-refractivity contribution < 1.29 is 23.4 Å². The lowest BCUT2D eigenvalue weighted by molar-refractivity contribution is -0.136. The van der Waals surface area contributed by atoms with Gasteiger partial charge < -0.3 is 9.84 Å². The minimum Gasteiger partial charge on any atom is -0.489 e. The summed E-state index contributed by atoms with van der Waals surface area (Å²) in [6.45, 7) is 0.171. The quantitative estimate of drug-likeness (QED) is 0.689. The second-order valence-electron chi connectivity index (χ2n) is 5.78. The third-order valence-corrected chi connectivity index (χ3v) is 3.91. The first-order valence-corrected chi connectivity index (χ1v) is 8.00. The molecule has 0 heterocycles. The number of carboxylic acid groups (broad SMARTS) is 1. The van der Waals surface area contributed by atoms with Crippen molar-refractivity contribution in [1.29, 1.82) is 0 Å². The SMILES string of the molecule is O=C(O)Cc1ccc(OCc2ccccc2-c2cc(F)ccc2F)cc1. The van der Waals surface area contributed by atoms with Crippen LogP contribution in [0.1, 0.15) is 11.1 Å². The summed E-state index contributed by atoms with van der Waals surface area (Å²) < 4.78 is 33.3. The highest BCUT2D eigenvalue weighted by Crippen LogP contribution is 2.28. The van der Waals surface area contributed by atoms with Gasteiger partial charge in [-0.25, -0.2) is 8.78 Å². The van der Waals surface area contributed by atoms with Crippen molar-refractivity contribution in [1.82, 2.24) is 0 Å². The van der Waals surface area contributed by atoms with E-state index in [1.807, 2.05) is 0 Å². The molecule has 3 nitrogen and oxygen atoms in total. The van der Waals surface area contributed by atoms with E-state index in [4.69, 9.17) is 9.84 Å². The smallest absolute Gasteiger partial charge is 0.307 e. The summed E-state index contributed by atoms with van der Waals surface area (Å²) in [4.78, 5) is 10.7. The number of rotatable bonds is 6. The number of aliphatic carboxylic acids is 1. The van der Waals surface area contributed by atoms with Crippen molar-refractivity contribution in [2.24, 2.45) is 0 Å². The standard InChI is InChI=1S/C21H16F2O3/c22-16-7-10-20(23)19(12-16)18-4-2-1-3-15(18)13-26-17-8-5-14(6-9-17)11-21(24)25/h1-10,12H,11,13H2,(H,24,25). The molecule has 0 aliphatic heterocycles. The molecule has 0 amide bonds. The number of benzene rings is 3. The lowest BCUT2D eigenvalue weighted by Gasteiger charge is -2.12. The van der Waals surface area contributed by atoms with Gasteiger partial charge in [-0.3, -0.25) is 4.79 Å². The molecule has 132 valence electrons. The van der Waals surface area contributed by atoms with Gasteiger partial charge in [-0.1, -0.05) is 36.4 Å². The van der Waals surface area contributed by atoms with E-state index in [1.54, 1.807) is 48.5 Å². The van der Waals surface area contributed by atoms with Gasteiger partial charge in [-0.2, -0.15) is 0 Å². The van der Waals surface area contributed by atoms with Crippen molar-refractivity contribution >= 4 is 5.97 Å². The van der Waals surface area contributed by atoms with Gasteiger partial charge in [-0.05, 0) is 47.0 Å². The molecule has 0 aliphatic carbocycles. The first-order chi connectivity index (χ1) is 12.5. The average Bonchev–Trinajstić information content (AvgIpc) is 2.63. The molecule has 3 aromatic carbocycles. The molecule has 0 atom stereocenters. The number of hydrogen-bond donors (Lipinski definition) is 1. The van der Waals surface area contributed by atoms with E-state index >= 15 is 0 Å². The molecular formula is C21H16F2O3. The maximum Gasteiger partial charge on any atom is 0.307 e. The summed E-state index contributed by atoms with van der Waals surface area (Å²) in [5.74, 6) is -1.35. The van der Waals surface area contributed by atoms with E-state index in [0.29, 0.717) is 22.4 Å². The van der Waals surface area contributed by atoms with Crippen LogP contribution in [-0.4, -0.2) is 11.1 Å². The molecule has 1 N–H and O–H groups in total. The van der Waals surface area contributed by atoms with Gasteiger partial charge in [0.25, 0.3) is 0 Å².